The van der Waals surface area contributed by atoms with Gasteiger partial charge in [-0.1, -0.05) is 0 Å². The van der Waals surface area contributed by atoms with E-state index in [0.29, 0.717) is 0 Å². The van der Waals surface area contributed by atoms with Crippen molar-refractivity contribution in [3.63, 3.8) is 0 Å². The van der Waals surface area contributed by atoms with Gasteiger partial charge in [0.25, 0.3) is 0 Å². The van der Waals surface area contributed by atoms with E-state index >= 15 is 0 Å². The second kappa shape index (κ2) is 8.60. The number of benzene rings is 1. The van der Waals surface area contributed by atoms with Crippen LogP contribution < -0.4 is 5.30 Å². The zero-order valence-electron chi connectivity index (χ0n) is 10.5. The van der Waals surface area contributed by atoms with Gasteiger partial charge in [-0.3, -0.25) is 0 Å². The van der Waals surface area contributed by atoms with Crippen molar-refractivity contribution in [2.45, 2.75) is 16.4 Å². The zero-order chi connectivity index (χ0) is 12.5. The van der Waals surface area contributed by atoms with Crippen LogP contribution in [0.3, 0.4) is 0 Å². The van der Waals surface area contributed by atoms with Crippen molar-refractivity contribution in [2.75, 3.05) is 0 Å². The van der Waals surface area contributed by atoms with Crippen molar-refractivity contribution < 1.29 is 0 Å². The molecule has 0 bridgehead atoms. The van der Waals surface area contributed by atoms with Crippen molar-refractivity contribution in [1.29, 1.82) is 0 Å². The Balaban J connectivity index is 2.63. The normalized spacial score (nSPS) is 14.1. The van der Waals surface area contributed by atoms with E-state index in [-0.39, 0.29) is 0 Å². The Labute approximate surface area is 113 Å². The summed E-state index contributed by atoms with van der Waals surface area (Å²) >= 11 is -1.03. The fourth-order valence-electron chi connectivity index (χ4n) is 1.39. The summed E-state index contributed by atoms with van der Waals surface area (Å²) < 4.78 is 3.70. The van der Waals surface area contributed by atoms with Crippen molar-refractivity contribution in [1.82, 2.24) is 0 Å². The summed E-state index contributed by atoms with van der Waals surface area (Å²) in [4.78, 5) is 2.42. The van der Waals surface area contributed by atoms with E-state index in [2.05, 4.69) is 58.9 Å². The van der Waals surface area contributed by atoms with Crippen molar-refractivity contribution >= 4 is 41.9 Å². The van der Waals surface area contributed by atoms with Crippen LogP contribution in [-0.4, -0.2) is 28.4 Å². The van der Waals surface area contributed by atoms with Gasteiger partial charge in [-0.15, -0.1) is 0 Å². The molecule has 0 aliphatic carbocycles. The Kier molecular flexibility index (Phi) is 7.38. The van der Waals surface area contributed by atoms with E-state index in [0.717, 1.165) is 0 Å². The molecule has 0 heterocycles. The molecule has 0 unspecified atom stereocenters. The van der Waals surface area contributed by atoms with Crippen LogP contribution in [0, 0.1) is 0 Å². The molecule has 0 spiro atoms. The molecule has 1 aromatic carbocycles. The molecule has 2 heteroatoms. The third-order valence-corrected chi connectivity index (χ3v) is 8.14. The SMILES string of the molecule is C=C/C=C\C=[125Te](/C)CC(C)=Pc1ccccc1. The summed E-state index contributed by atoms with van der Waals surface area (Å²) in [6.45, 7) is 5.95. The summed E-state index contributed by atoms with van der Waals surface area (Å²) in [5.74, 6) is 0. The zero-order valence-corrected chi connectivity index (χ0v) is 13.7. The average Bonchev–Trinajstić information content (AvgIpc) is 2.30. The standard InChI is InChI=1S/C15H19PTe/c1-4-5-9-12-17(3)13-14(2)16-15-10-7-6-8-11-15/h4-12H,1,13H2,2-3H3/b9-5-/i17-3. The number of allylic oxidation sites excluding steroid dienone is 3. The first-order valence-corrected chi connectivity index (χ1v) is 11.8. The van der Waals surface area contributed by atoms with E-state index in [1.807, 2.05) is 12.2 Å². The molecule has 0 aromatic heterocycles. The van der Waals surface area contributed by atoms with Gasteiger partial charge >= 0.3 is 113 Å². The van der Waals surface area contributed by atoms with Gasteiger partial charge in [0, 0.05) is 0 Å². The third kappa shape index (κ3) is 6.74. The Morgan fingerprint density at radius 3 is 2.65 bits per heavy atom. The topological polar surface area (TPSA) is 0 Å². The van der Waals surface area contributed by atoms with Gasteiger partial charge in [0.15, 0.2) is 0 Å². The van der Waals surface area contributed by atoms with Gasteiger partial charge in [-0.2, -0.15) is 0 Å². The second-order valence-corrected chi connectivity index (χ2v) is 10.8. The monoisotopic (exact) mass is 355 g/mol. The van der Waals surface area contributed by atoms with Gasteiger partial charge in [0.1, 0.15) is 0 Å². The average molecular weight is 355 g/mol. The molecule has 90 valence electrons. The molecule has 0 N–H and O–H groups in total. The Morgan fingerprint density at radius 2 is 2.00 bits per heavy atom. The summed E-state index contributed by atoms with van der Waals surface area (Å²) in [6.07, 6.45) is 6.00. The molecule has 0 aliphatic heterocycles. The van der Waals surface area contributed by atoms with Gasteiger partial charge in [0.2, 0.25) is 0 Å². The van der Waals surface area contributed by atoms with E-state index in [1.54, 1.807) is 5.29 Å². The van der Waals surface area contributed by atoms with Crippen LogP contribution >= 0.6 is 8.20 Å². The summed E-state index contributed by atoms with van der Waals surface area (Å²) in [7, 11) is 1.39. The first-order chi connectivity index (χ1) is 8.22. The number of hydrogen-bond acceptors (Lipinski definition) is 0. The Bertz CT molecular complexity index is 441. The minimum absolute atomic E-state index is 1.03. The maximum atomic E-state index is 3.68. The van der Waals surface area contributed by atoms with Crippen LogP contribution in [0.1, 0.15) is 6.92 Å². The molecule has 0 atom stereocenters. The van der Waals surface area contributed by atoms with Crippen molar-refractivity contribution in [3.05, 3.63) is 55.1 Å². The van der Waals surface area contributed by atoms with Crippen LogP contribution in [0.25, 0.3) is 0 Å². The van der Waals surface area contributed by atoms with Gasteiger partial charge in [0.05, 0.1) is 0 Å². The molecule has 0 amide bonds. The Hall–Kier alpha value is -0.470. The van der Waals surface area contributed by atoms with E-state index in [1.165, 1.54) is 18.0 Å². The third-order valence-electron chi connectivity index (χ3n) is 2.07. The number of hydrogen-bond donors (Lipinski definition) is 0. The molecule has 1 rings (SSSR count). The van der Waals surface area contributed by atoms with Gasteiger partial charge < -0.3 is 0 Å². The van der Waals surface area contributed by atoms with Crippen LogP contribution in [0.5, 0.6) is 0 Å². The molecular weight excluding hydrogens is 336 g/mol. The predicted molar refractivity (Wildman–Crippen MR) is 85.5 cm³/mol. The first-order valence-electron chi connectivity index (χ1n) is 5.55. The van der Waals surface area contributed by atoms with Crippen LogP contribution in [0.2, 0.25) is 9.44 Å². The number of rotatable bonds is 5. The van der Waals surface area contributed by atoms with E-state index < -0.39 is 19.1 Å². The molecule has 17 heavy (non-hydrogen) atoms. The van der Waals surface area contributed by atoms with Crippen LogP contribution in [0.15, 0.2) is 55.1 Å². The van der Waals surface area contributed by atoms with Crippen LogP contribution in [-0.2, 0) is 0 Å². The molecule has 0 saturated carbocycles. The van der Waals surface area contributed by atoms with Gasteiger partial charge in [-0.05, 0) is 0 Å². The summed E-state index contributed by atoms with van der Waals surface area (Å²) in [5, 5.41) is 2.98. The fourth-order valence-corrected chi connectivity index (χ4v) is 7.32. The van der Waals surface area contributed by atoms with Gasteiger partial charge in [-0.25, -0.2) is 0 Å². The van der Waals surface area contributed by atoms with Crippen LogP contribution in [0.4, 0.5) is 0 Å². The Morgan fingerprint density at radius 1 is 1.29 bits per heavy atom. The molecule has 0 radical (unpaired) electrons. The fraction of sp³-hybridized carbons (Fsp3) is 0.200. The molecule has 1 aromatic rings. The predicted octanol–water partition coefficient (Wildman–Crippen LogP) is 3.70. The second-order valence-electron chi connectivity index (χ2n) is 3.77. The molecular formula is C15H19PTe. The summed E-state index contributed by atoms with van der Waals surface area (Å²) in [6, 6.07) is 10.7. The first kappa shape index (κ1) is 14.6. The van der Waals surface area contributed by atoms with E-state index in [9.17, 15) is 0 Å². The van der Waals surface area contributed by atoms with E-state index in [4.69, 9.17) is 0 Å². The van der Waals surface area contributed by atoms with Crippen molar-refractivity contribution in [3.8, 4) is 0 Å². The quantitative estimate of drug-likeness (QED) is 0.429. The molecule has 0 nitrogen and oxygen atoms in total. The van der Waals surface area contributed by atoms with Crippen molar-refractivity contribution in [2.24, 2.45) is 0 Å². The molecule has 0 aliphatic rings. The maximum absolute atomic E-state index is 3.68. The minimum atomic E-state index is -1.03. The molecule has 0 saturated heterocycles. The molecule has 0 fully saturated rings. The summed E-state index contributed by atoms with van der Waals surface area (Å²) in [5.41, 5.74) is 0.